The number of amides is 2. The van der Waals surface area contributed by atoms with Gasteiger partial charge in [-0.2, -0.15) is 0 Å². The number of hydrogen-bond acceptors (Lipinski definition) is 3. The average molecular weight is 385 g/mol. The van der Waals surface area contributed by atoms with Crippen LogP contribution < -0.4 is 5.32 Å². The topological polar surface area (TPSA) is 49.4 Å². The van der Waals surface area contributed by atoms with Crippen molar-refractivity contribution in [1.29, 1.82) is 0 Å². The van der Waals surface area contributed by atoms with E-state index in [0.29, 0.717) is 12.3 Å². The molecule has 2 amide bonds. The van der Waals surface area contributed by atoms with Gasteiger partial charge in [0.15, 0.2) is 0 Å². The quantitative estimate of drug-likeness (QED) is 0.755. The van der Waals surface area contributed by atoms with E-state index in [2.05, 4.69) is 36.5 Å². The van der Waals surface area contributed by atoms with E-state index in [9.17, 15) is 9.59 Å². The number of hydrogen-bond donors (Lipinski definition) is 1. The fourth-order valence-electron chi connectivity index (χ4n) is 2.94. The Bertz CT molecular complexity index is 791. The molecule has 0 aliphatic carbocycles. The monoisotopic (exact) mass is 384 g/mol. The van der Waals surface area contributed by atoms with E-state index in [4.69, 9.17) is 0 Å². The fraction of sp³-hybridized carbons (Fsp3) is 0.364. The summed E-state index contributed by atoms with van der Waals surface area (Å²) in [5.74, 6) is 0.950. The molecule has 0 saturated carbocycles. The first-order valence-electron chi connectivity index (χ1n) is 9.10. The van der Waals surface area contributed by atoms with Crippen molar-refractivity contribution in [2.24, 2.45) is 0 Å². The van der Waals surface area contributed by atoms with Crippen LogP contribution in [0.15, 0.2) is 48.5 Å². The number of nitrogens with zero attached hydrogens (tertiary/aromatic N) is 1. The van der Waals surface area contributed by atoms with E-state index in [-0.39, 0.29) is 11.8 Å². The lowest BCUT2D eigenvalue weighted by Crippen LogP contribution is -2.47. The Morgan fingerprint density at radius 1 is 1.04 bits per heavy atom. The number of likely N-dealkylation sites (N-methyl/N-ethyl adjacent to an activating group) is 1. The van der Waals surface area contributed by atoms with E-state index < -0.39 is 6.04 Å². The van der Waals surface area contributed by atoms with Crippen LogP contribution in [0.3, 0.4) is 0 Å². The fourth-order valence-corrected chi connectivity index (χ4v) is 3.80. The Kier molecular flexibility index (Phi) is 7.92. The molecule has 0 fully saturated rings. The number of nitrogens with one attached hydrogen (secondary N) is 1. The van der Waals surface area contributed by atoms with Crippen molar-refractivity contribution in [2.75, 3.05) is 12.8 Å². The molecular formula is C22H28N2O2S. The molecule has 0 saturated heterocycles. The van der Waals surface area contributed by atoms with Gasteiger partial charge in [-0.25, -0.2) is 0 Å². The van der Waals surface area contributed by atoms with Crippen molar-refractivity contribution in [1.82, 2.24) is 10.2 Å². The van der Waals surface area contributed by atoms with Crippen molar-refractivity contribution < 1.29 is 9.59 Å². The molecule has 2 rings (SSSR count). The molecule has 0 spiro atoms. The van der Waals surface area contributed by atoms with Crippen molar-refractivity contribution in [3.63, 3.8) is 0 Å². The van der Waals surface area contributed by atoms with E-state index in [1.165, 1.54) is 11.1 Å². The summed E-state index contributed by atoms with van der Waals surface area (Å²) in [6, 6.07) is 15.8. The van der Waals surface area contributed by atoms with Crippen molar-refractivity contribution >= 4 is 23.6 Å². The first-order valence-corrected chi connectivity index (χ1v) is 10.3. The zero-order valence-electron chi connectivity index (χ0n) is 16.5. The predicted octanol–water partition coefficient (Wildman–Crippen LogP) is 3.70. The van der Waals surface area contributed by atoms with Gasteiger partial charge in [0.1, 0.15) is 6.04 Å². The smallest absolute Gasteiger partial charge is 0.242 e. The molecule has 0 unspecified atom stereocenters. The molecule has 2 aromatic carbocycles. The van der Waals surface area contributed by atoms with Crippen molar-refractivity contribution in [3.05, 3.63) is 70.8 Å². The maximum Gasteiger partial charge on any atom is 0.242 e. The summed E-state index contributed by atoms with van der Waals surface area (Å²) in [6.45, 7) is 6.29. The standard InChI is InChI=1S/C22H28N2O2S/c1-16-7-5-9-19(11-16)13-24(18(3)22(26)23-4)21(25)15-27-14-20-10-6-8-17(2)12-20/h5-12,18H,13-15H2,1-4H3,(H,23,26)/t18-/m0/s1. The lowest BCUT2D eigenvalue weighted by Gasteiger charge is -2.28. The molecule has 0 aliphatic heterocycles. The first-order chi connectivity index (χ1) is 12.9. The minimum atomic E-state index is -0.511. The molecule has 5 heteroatoms. The summed E-state index contributed by atoms with van der Waals surface area (Å²) in [6.07, 6.45) is 0. The highest BCUT2D eigenvalue weighted by atomic mass is 32.2. The molecule has 144 valence electrons. The van der Waals surface area contributed by atoms with Gasteiger partial charge in [0.2, 0.25) is 11.8 Å². The summed E-state index contributed by atoms with van der Waals surface area (Å²) in [5.41, 5.74) is 4.59. The summed E-state index contributed by atoms with van der Waals surface area (Å²) < 4.78 is 0. The summed E-state index contributed by atoms with van der Waals surface area (Å²) in [4.78, 5) is 26.7. The molecule has 0 heterocycles. The van der Waals surface area contributed by atoms with Gasteiger partial charge in [-0.3, -0.25) is 9.59 Å². The normalized spacial score (nSPS) is 11.7. The van der Waals surface area contributed by atoms with Crippen molar-refractivity contribution in [3.8, 4) is 0 Å². The third-order valence-corrected chi connectivity index (χ3v) is 5.41. The second-order valence-corrected chi connectivity index (χ2v) is 7.77. The Morgan fingerprint density at radius 2 is 1.63 bits per heavy atom. The SMILES string of the molecule is CNC(=O)[C@H](C)N(Cc1cccc(C)c1)C(=O)CSCc1cccc(C)c1. The number of carbonyl (C=O) groups excluding carboxylic acids is 2. The van der Waals surface area contributed by atoms with Gasteiger partial charge in [-0.1, -0.05) is 59.7 Å². The summed E-state index contributed by atoms with van der Waals surface area (Å²) >= 11 is 1.58. The zero-order chi connectivity index (χ0) is 19.8. The largest absolute Gasteiger partial charge is 0.357 e. The number of aryl methyl sites for hydroxylation is 2. The van der Waals surface area contributed by atoms with Crippen LogP contribution in [0.25, 0.3) is 0 Å². The molecule has 0 radical (unpaired) electrons. The van der Waals surface area contributed by atoms with Crippen LogP contribution in [0, 0.1) is 13.8 Å². The molecule has 0 bridgehead atoms. The van der Waals surface area contributed by atoms with E-state index >= 15 is 0 Å². The third kappa shape index (κ3) is 6.43. The maximum atomic E-state index is 12.9. The summed E-state index contributed by atoms with van der Waals surface area (Å²) in [5, 5.41) is 2.65. The minimum absolute atomic E-state index is 0.0229. The van der Waals surface area contributed by atoms with Crippen LogP contribution in [0.2, 0.25) is 0 Å². The second kappa shape index (κ2) is 10.2. The second-order valence-electron chi connectivity index (χ2n) is 6.78. The molecule has 0 aromatic heterocycles. The third-order valence-electron chi connectivity index (χ3n) is 4.43. The van der Waals surface area contributed by atoms with Gasteiger partial charge in [0, 0.05) is 19.3 Å². The van der Waals surface area contributed by atoms with Gasteiger partial charge in [-0.05, 0) is 31.9 Å². The molecular weight excluding hydrogens is 356 g/mol. The van der Waals surface area contributed by atoms with E-state index in [1.54, 1.807) is 30.6 Å². The van der Waals surface area contributed by atoms with Crippen LogP contribution >= 0.6 is 11.8 Å². The van der Waals surface area contributed by atoms with Gasteiger partial charge in [0.25, 0.3) is 0 Å². The van der Waals surface area contributed by atoms with Gasteiger partial charge >= 0.3 is 0 Å². The molecule has 1 atom stereocenters. The van der Waals surface area contributed by atoms with E-state index in [0.717, 1.165) is 16.9 Å². The van der Waals surface area contributed by atoms with Gasteiger partial charge in [0.05, 0.1) is 5.75 Å². The van der Waals surface area contributed by atoms with Crippen LogP contribution in [0.1, 0.15) is 29.2 Å². The zero-order valence-corrected chi connectivity index (χ0v) is 17.3. The molecule has 2 aromatic rings. The van der Waals surface area contributed by atoms with Crippen LogP contribution in [0.4, 0.5) is 0 Å². The number of rotatable bonds is 8. The number of carbonyl (C=O) groups is 2. The van der Waals surface area contributed by atoms with Gasteiger partial charge in [-0.15, -0.1) is 11.8 Å². The number of benzene rings is 2. The number of thioether (sulfide) groups is 1. The van der Waals surface area contributed by atoms with Crippen LogP contribution in [0.5, 0.6) is 0 Å². The lowest BCUT2D eigenvalue weighted by atomic mass is 10.1. The highest BCUT2D eigenvalue weighted by Crippen LogP contribution is 2.17. The Labute approximate surface area is 166 Å². The maximum absolute atomic E-state index is 12.9. The predicted molar refractivity (Wildman–Crippen MR) is 113 cm³/mol. The Balaban J connectivity index is 2.04. The van der Waals surface area contributed by atoms with Crippen molar-refractivity contribution in [2.45, 2.75) is 39.1 Å². The average Bonchev–Trinajstić information content (AvgIpc) is 2.65. The minimum Gasteiger partial charge on any atom is -0.357 e. The highest BCUT2D eigenvalue weighted by molar-refractivity contribution is 7.99. The molecule has 27 heavy (non-hydrogen) atoms. The molecule has 1 N–H and O–H groups in total. The summed E-state index contributed by atoms with van der Waals surface area (Å²) in [7, 11) is 1.60. The molecule has 0 aliphatic rings. The van der Waals surface area contributed by atoms with Crippen LogP contribution in [-0.2, 0) is 21.9 Å². The molecule has 4 nitrogen and oxygen atoms in total. The highest BCUT2D eigenvalue weighted by Gasteiger charge is 2.25. The van der Waals surface area contributed by atoms with Crippen LogP contribution in [-0.4, -0.2) is 35.6 Å². The Hall–Kier alpha value is -2.27. The van der Waals surface area contributed by atoms with E-state index in [1.807, 2.05) is 31.2 Å². The van der Waals surface area contributed by atoms with Gasteiger partial charge < -0.3 is 10.2 Å². The first kappa shape index (κ1) is 21.0. The lowest BCUT2D eigenvalue weighted by molar-refractivity contribution is -0.138. The Morgan fingerprint density at radius 3 is 2.22 bits per heavy atom.